The van der Waals surface area contributed by atoms with Crippen LogP contribution in [0.2, 0.25) is 0 Å². The molecule has 0 spiro atoms. The Hall–Kier alpha value is -1.76. The van der Waals surface area contributed by atoms with Crippen molar-refractivity contribution in [1.82, 2.24) is 0 Å². The summed E-state index contributed by atoms with van der Waals surface area (Å²) in [5, 5.41) is 0. The Kier molecular flexibility index (Phi) is 5.06. The number of ether oxygens (including phenoxy) is 1. The Balaban J connectivity index is 2.29. The molecule has 21 heavy (non-hydrogen) atoms. The minimum Gasteiger partial charge on any atom is -0.494 e. The van der Waals surface area contributed by atoms with Crippen molar-refractivity contribution in [3.05, 3.63) is 64.2 Å². The van der Waals surface area contributed by atoms with Crippen molar-refractivity contribution in [2.45, 2.75) is 47.0 Å². The Morgan fingerprint density at radius 2 is 1.67 bits per heavy atom. The van der Waals surface area contributed by atoms with E-state index in [0.717, 1.165) is 12.2 Å². The maximum atomic E-state index is 5.62. The molecule has 0 aliphatic carbocycles. The second-order valence-corrected chi connectivity index (χ2v) is 6.05. The molecule has 2 aromatic carbocycles. The van der Waals surface area contributed by atoms with E-state index in [4.69, 9.17) is 4.74 Å². The third kappa shape index (κ3) is 3.87. The number of hydrogen-bond acceptors (Lipinski definition) is 1. The highest BCUT2D eigenvalue weighted by Crippen LogP contribution is 2.25. The molecule has 0 aliphatic heterocycles. The standard InChI is InChI=1S/C20H26O/c1-6-21-19-10-15(4)20(16(5)11-19)13-17-8-7-9-18(12-17)14(2)3/h7-12,14H,6,13H2,1-5H3. The van der Waals surface area contributed by atoms with Crippen molar-refractivity contribution in [3.63, 3.8) is 0 Å². The van der Waals surface area contributed by atoms with E-state index < -0.39 is 0 Å². The van der Waals surface area contributed by atoms with Crippen molar-refractivity contribution in [2.24, 2.45) is 0 Å². The smallest absolute Gasteiger partial charge is 0.119 e. The largest absolute Gasteiger partial charge is 0.494 e. The van der Waals surface area contributed by atoms with Crippen molar-refractivity contribution in [3.8, 4) is 5.75 Å². The van der Waals surface area contributed by atoms with Crippen LogP contribution in [0.25, 0.3) is 0 Å². The van der Waals surface area contributed by atoms with Gasteiger partial charge in [-0.25, -0.2) is 0 Å². The van der Waals surface area contributed by atoms with Gasteiger partial charge in [-0.3, -0.25) is 0 Å². The molecule has 0 aliphatic rings. The second-order valence-electron chi connectivity index (χ2n) is 6.05. The second kappa shape index (κ2) is 6.80. The van der Waals surface area contributed by atoms with Crippen molar-refractivity contribution in [1.29, 1.82) is 0 Å². The number of aryl methyl sites for hydroxylation is 2. The van der Waals surface area contributed by atoms with Gasteiger partial charge >= 0.3 is 0 Å². The molecular weight excluding hydrogens is 256 g/mol. The summed E-state index contributed by atoms with van der Waals surface area (Å²) in [6.45, 7) is 11.6. The zero-order valence-electron chi connectivity index (χ0n) is 13.9. The highest BCUT2D eigenvalue weighted by atomic mass is 16.5. The lowest BCUT2D eigenvalue weighted by atomic mass is 9.93. The van der Waals surface area contributed by atoms with Gasteiger partial charge in [-0.2, -0.15) is 0 Å². The van der Waals surface area contributed by atoms with Crippen LogP contribution >= 0.6 is 0 Å². The lowest BCUT2D eigenvalue weighted by Crippen LogP contribution is -2.00. The summed E-state index contributed by atoms with van der Waals surface area (Å²) in [4.78, 5) is 0. The van der Waals surface area contributed by atoms with Crippen LogP contribution in [0.3, 0.4) is 0 Å². The number of hydrogen-bond donors (Lipinski definition) is 0. The van der Waals surface area contributed by atoms with E-state index in [1.54, 1.807) is 0 Å². The SMILES string of the molecule is CCOc1cc(C)c(Cc2cccc(C(C)C)c2)c(C)c1. The van der Waals surface area contributed by atoms with Crippen LogP contribution in [0, 0.1) is 13.8 Å². The van der Waals surface area contributed by atoms with E-state index in [2.05, 4.69) is 64.1 Å². The van der Waals surface area contributed by atoms with E-state index in [1.165, 1.54) is 27.8 Å². The summed E-state index contributed by atoms with van der Waals surface area (Å²) in [6, 6.07) is 13.2. The summed E-state index contributed by atoms with van der Waals surface area (Å²) in [5.74, 6) is 1.56. The van der Waals surface area contributed by atoms with Gasteiger partial charge in [0, 0.05) is 0 Å². The van der Waals surface area contributed by atoms with Crippen LogP contribution in [0.1, 0.15) is 54.5 Å². The van der Waals surface area contributed by atoms with Crippen LogP contribution in [0.4, 0.5) is 0 Å². The Morgan fingerprint density at radius 3 is 2.24 bits per heavy atom. The molecule has 0 amide bonds. The van der Waals surface area contributed by atoms with Crippen molar-refractivity contribution < 1.29 is 4.74 Å². The lowest BCUT2D eigenvalue weighted by molar-refractivity contribution is 0.339. The molecule has 0 bridgehead atoms. The Morgan fingerprint density at radius 1 is 1.00 bits per heavy atom. The molecule has 0 aromatic heterocycles. The first kappa shape index (κ1) is 15.6. The van der Waals surface area contributed by atoms with Gasteiger partial charge in [0.15, 0.2) is 0 Å². The fourth-order valence-electron chi connectivity index (χ4n) is 2.75. The fourth-order valence-corrected chi connectivity index (χ4v) is 2.75. The third-order valence-corrected chi connectivity index (χ3v) is 3.98. The summed E-state index contributed by atoms with van der Waals surface area (Å²) in [7, 11) is 0. The molecule has 0 atom stereocenters. The highest BCUT2D eigenvalue weighted by Gasteiger charge is 2.08. The summed E-state index contributed by atoms with van der Waals surface area (Å²) < 4.78 is 5.62. The van der Waals surface area contributed by atoms with Crippen LogP contribution < -0.4 is 4.74 Å². The van der Waals surface area contributed by atoms with Crippen LogP contribution in [-0.2, 0) is 6.42 Å². The number of rotatable bonds is 5. The summed E-state index contributed by atoms with van der Waals surface area (Å²) in [5.41, 5.74) is 6.84. The average Bonchev–Trinajstić information content (AvgIpc) is 2.43. The third-order valence-electron chi connectivity index (χ3n) is 3.98. The average molecular weight is 282 g/mol. The first-order chi connectivity index (χ1) is 10.0. The molecular formula is C20H26O. The van der Waals surface area contributed by atoms with E-state index in [1.807, 2.05) is 6.92 Å². The minimum atomic E-state index is 0.576. The summed E-state index contributed by atoms with van der Waals surface area (Å²) in [6.07, 6.45) is 0.991. The predicted molar refractivity (Wildman–Crippen MR) is 90.4 cm³/mol. The van der Waals surface area contributed by atoms with Crippen LogP contribution in [0.5, 0.6) is 5.75 Å². The van der Waals surface area contributed by atoms with Gasteiger partial charge in [-0.15, -0.1) is 0 Å². The van der Waals surface area contributed by atoms with Gasteiger partial charge in [0.05, 0.1) is 6.61 Å². The number of benzene rings is 2. The molecule has 0 saturated carbocycles. The normalized spacial score (nSPS) is 11.0. The molecule has 0 N–H and O–H groups in total. The topological polar surface area (TPSA) is 9.23 Å². The molecule has 0 saturated heterocycles. The Labute approximate surface area is 129 Å². The van der Waals surface area contributed by atoms with Crippen molar-refractivity contribution in [2.75, 3.05) is 6.61 Å². The van der Waals surface area contributed by atoms with E-state index in [9.17, 15) is 0 Å². The zero-order chi connectivity index (χ0) is 15.4. The molecule has 0 fully saturated rings. The molecule has 2 rings (SSSR count). The van der Waals surface area contributed by atoms with Crippen LogP contribution in [0.15, 0.2) is 36.4 Å². The summed E-state index contributed by atoms with van der Waals surface area (Å²) >= 11 is 0. The molecule has 1 nitrogen and oxygen atoms in total. The molecule has 0 radical (unpaired) electrons. The predicted octanol–water partition coefficient (Wildman–Crippen LogP) is 5.42. The lowest BCUT2D eigenvalue weighted by Gasteiger charge is -2.14. The van der Waals surface area contributed by atoms with E-state index in [0.29, 0.717) is 12.5 Å². The molecule has 1 heteroatoms. The quantitative estimate of drug-likeness (QED) is 0.712. The van der Waals surface area contributed by atoms with Gasteiger partial charge in [0.25, 0.3) is 0 Å². The molecule has 112 valence electrons. The molecule has 0 heterocycles. The first-order valence-electron chi connectivity index (χ1n) is 7.83. The van der Waals surface area contributed by atoms with Gasteiger partial charge < -0.3 is 4.74 Å². The molecule has 0 unspecified atom stereocenters. The first-order valence-corrected chi connectivity index (χ1v) is 7.83. The van der Waals surface area contributed by atoms with Gasteiger partial charge in [-0.1, -0.05) is 38.1 Å². The van der Waals surface area contributed by atoms with E-state index in [-0.39, 0.29) is 0 Å². The van der Waals surface area contributed by atoms with E-state index >= 15 is 0 Å². The highest BCUT2D eigenvalue weighted by molar-refractivity contribution is 5.44. The fraction of sp³-hybridized carbons (Fsp3) is 0.400. The van der Waals surface area contributed by atoms with Crippen molar-refractivity contribution >= 4 is 0 Å². The maximum absolute atomic E-state index is 5.62. The van der Waals surface area contributed by atoms with Gasteiger partial charge in [0.1, 0.15) is 5.75 Å². The minimum absolute atomic E-state index is 0.576. The monoisotopic (exact) mass is 282 g/mol. The molecule has 2 aromatic rings. The van der Waals surface area contributed by atoms with Gasteiger partial charge in [0.2, 0.25) is 0 Å². The maximum Gasteiger partial charge on any atom is 0.119 e. The van der Waals surface area contributed by atoms with Crippen LogP contribution in [-0.4, -0.2) is 6.61 Å². The van der Waals surface area contributed by atoms with Gasteiger partial charge in [-0.05, 0) is 73.1 Å². The Bertz CT molecular complexity index is 588. The zero-order valence-corrected chi connectivity index (χ0v) is 13.9.